The molecular weight excluding hydrogens is 426 g/mol. The number of ether oxygens (including phenoxy) is 1. The number of piperidine rings is 2. The number of pyridine rings is 1. The van der Waals surface area contributed by atoms with E-state index in [1.807, 2.05) is 18.2 Å². The van der Waals surface area contributed by atoms with Crippen LogP contribution in [0.5, 0.6) is 0 Å². The van der Waals surface area contributed by atoms with Crippen molar-refractivity contribution in [2.24, 2.45) is 0 Å². The van der Waals surface area contributed by atoms with Crippen LogP contribution in [0, 0.1) is 0 Å². The maximum atomic E-state index is 13.0. The van der Waals surface area contributed by atoms with Crippen molar-refractivity contribution in [3.05, 3.63) is 59.8 Å². The topological polar surface area (TPSA) is 60.9 Å². The highest BCUT2D eigenvalue weighted by Gasteiger charge is 2.27. The largest absolute Gasteiger partial charge is 0.379 e. The van der Waals surface area contributed by atoms with Crippen molar-refractivity contribution in [3.8, 4) is 0 Å². The van der Waals surface area contributed by atoms with E-state index >= 15 is 0 Å². The van der Waals surface area contributed by atoms with Crippen LogP contribution >= 0.6 is 0 Å². The van der Waals surface area contributed by atoms with Gasteiger partial charge < -0.3 is 15.0 Å². The molecule has 1 amide bonds. The number of benzene rings is 1. The molecule has 182 valence electrons. The van der Waals surface area contributed by atoms with Crippen LogP contribution in [-0.4, -0.2) is 85.3 Å². The molecule has 0 atom stereocenters. The van der Waals surface area contributed by atoms with Gasteiger partial charge in [-0.15, -0.1) is 0 Å². The molecule has 7 heteroatoms. The van der Waals surface area contributed by atoms with E-state index in [2.05, 4.69) is 50.3 Å². The highest BCUT2D eigenvalue weighted by molar-refractivity contribution is 5.92. The van der Waals surface area contributed by atoms with Crippen LogP contribution in [0.4, 0.5) is 5.82 Å². The summed E-state index contributed by atoms with van der Waals surface area (Å²) in [5.74, 6) is 0.873. The van der Waals surface area contributed by atoms with E-state index in [1.165, 1.54) is 5.56 Å². The summed E-state index contributed by atoms with van der Waals surface area (Å²) in [5, 5.41) is 3.23. The predicted octanol–water partition coefficient (Wildman–Crippen LogP) is 2.78. The molecule has 0 radical (unpaired) electrons. The van der Waals surface area contributed by atoms with Crippen LogP contribution in [-0.2, 0) is 11.3 Å². The van der Waals surface area contributed by atoms with Gasteiger partial charge >= 0.3 is 0 Å². The van der Waals surface area contributed by atoms with Gasteiger partial charge in [-0.1, -0.05) is 36.4 Å². The third-order valence-electron chi connectivity index (χ3n) is 7.49. The van der Waals surface area contributed by atoms with Crippen LogP contribution in [0.2, 0.25) is 0 Å². The smallest absolute Gasteiger partial charge is 0.270 e. The Balaban J connectivity index is 1.10. The number of hydrogen-bond donors (Lipinski definition) is 1. The average Bonchev–Trinajstić information content (AvgIpc) is 2.91. The second kappa shape index (κ2) is 11.3. The number of nitrogens with zero attached hydrogens (tertiary/aromatic N) is 4. The fourth-order valence-corrected chi connectivity index (χ4v) is 5.46. The maximum absolute atomic E-state index is 13.0. The lowest BCUT2D eigenvalue weighted by Gasteiger charge is -2.40. The fourth-order valence-electron chi connectivity index (χ4n) is 5.46. The second-order valence-electron chi connectivity index (χ2n) is 9.76. The van der Waals surface area contributed by atoms with E-state index in [4.69, 9.17) is 9.72 Å². The average molecular weight is 464 g/mol. The van der Waals surface area contributed by atoms with Gasteiger partial charge in [0.05, 0.1) is 13.2 Å². The van der Waals surface area contributed by atoms with Gasteiger partial charge in [-0.25, -0.2) is 4.98 Å². The Labute approximate surface area is 203 Å². The number of aromatic nitrogens is 1. The van der Waals surface area contributed by atoms with E-state index in [0.29, 0.717) is 11.7 Å². The van der Waals surface area contributed by atoms with Crippen LogP contribution < -0.4 is 10.2 Å². The Morgan fingerprint density at radius 2 is 1.62 bits per heavy atom. The molecule has 1 aromatic heterocycles. The molecule has 3 aliphatic rings. The summed E-state index contributed by atoms with van der Waals surface area (Å²) >= 11 is 0. The molecule has 2 aromatic rings. The summed E-state index contributed by atoms with van der Waals surface area (Å²) < 4.78 is 5.50. The summed E-state index contributed by atoms with van der Waals surface area (Å²) in [6, 6.07) is 17.3. The van der Waals surface area contributed by atoms with Gasteiger partial charge in [0.1, 0.15) is 11.5 Å². The number of morpholine rings is 1. The minimum Gasteiger partial charge on any atom is -0.379 e. The second-order valence-corrected chi connectivity index (χ2v) is 9.76. The summed E-state index contributed by atoms with van der Waals surface area (Å²) in [6.45, 7) is 8.76. The number of carbonyl (C=O) groups is 1. The van der Waals surface area contributed by atoms with Crippen molar-refractivity contribution < 1.29 is 9.53 Å². The lowest BCUT2D eigenvalue weighted by molar-refractivity contribution is 0.0115. The first-order valence-electron chi connectivity index (χ1n) is 12.9. The van der Waals surface area contributed by atoms with Gasteiger partial charge in [-0.3, -0.25) is 14.6 Å². The molecular formula is C27H37N5O2. The molecule has 3 fully saturated rings. The third kappa shape index (κ3) is 5.95. The molecule has 7 nitrogen and oxygen atoms in total. The zero-order valence-electron chi connectivity index (χ0n) is 20.1. The first-order chi connectivity index (χ1) is 16.7. The van der Waals surface area contributed by atoms with Gasteiger partial charge in [0.2, 0.25) is 0 Å². The van der Waals surface area contributed by atoms with Crippen LogP contribution in [0.1, 0.15) is 41.7 Å². The Kier molecular flexibility index (Phi) is 7.73. The van der Waals surface area contributed by atoms with Crippen LogP contribution in [0.15, 0.2) is 48.5 Å². The quantitative estimate of drug-likeness (QED) is 0.711. The zero-order valence-corrected chi connectivity index (χ0v) is 20.1. The molecule has 34 heavy (non-hydrogen) atoms. The van der Waals surface area contributed by atoms with Gasteiger partial charge in [-0.05, 0) is 43.4 Å². The Morgan fingerprint density at radius 3 is 2.35 bits per heavy atom. The first kappa shape index (κ1) is 23.3. The van der Waals surface area contributed by atoms with Crippen molar-refractivity contribution in [2.75, 3.05) is 57.4 Å². The minimum absolute atomic E-state index is 0.0495. The minimum atomic E-state index is -0.0495. The van der Waals surface area contributed by atoms with E-state index in [-0.39, 0.29) is 11.9 Å². The molecule has 0 aliphatic carbocycles. The Morgan fingerprint density at radius 1 is 0.882 bits per heavy atom. The molecule has 0 spiro atoms. The molecule has 5 rings (SSSR count). The van der Waals surface area contributed by atoms with E-state index in [1.54, 1.807) is 0 Å². The van der Waals surface area contributed by atoms with Crippen LogP contribution in [0.25, 0.3) is 0 Å². The lowest BCUT2D eigenvalue weighted by atomic mass is 10.0. The number of rotatable bonds is 6. The number of carbonyl (C=O) groups excluding carboxylic acids is 1. The van der Waals surface area contributed by atoms with Crippen molar-refractivity contribution >= 4 is 11.7 Å². The van der Waals surface area contributed by atoms with Crippen molar-refractivity contribution in [2.45, 2.75) is 44.3 Å². The normalized spacial score (nSPS) is 21.5. The third-order valence-corrected chi connectivity index (χ3v) is 7.49. The Bertz CT molecular complexity index is 918. The summed E-state index contributed by atoms with van der Waals surface area (Å²) in [4.78, 5) is 25.1. The highest BCUT2D eigenvalue weighted by Crippen LogP contribution is 2.22. The zero-order chi connectivity index (χ0) is 23.2. The van der Waals surface area contributed by atoms with Crippen molar-refractivity contribution in [1.29, 1.82) is 0 Å². The molecule has 3 aliphatic heterocycles. The Hall–Kier alpha value is -2.48. The van der Waals surface area contributed by atoms with E-state index in [0.717, 1.165) is 90.5 Å². The highest BCUT2D eigenvalue weighted by atomic mass is 16.5. The van der Waals surface area contributed by atoms with E-state index in [9.17, 15) is 4.79 Å². The fraction of sp³-hybridized carbons (Fsp3) is 0.556. The summed E-state index contributed by atoms with van der Waals surface area (Å²) in [7, 11) is 0. The predicted molar refractivity (Wildman–Crippen MR) is 134 cm³/mol. The van der Waals surface area contributed by atoms with Crippen molar-refractivity contribution in [1.82, 2.24) is 20.1 Å². The molecule has 1 aromatic carbocycles. The van der Waals surface area contributed by atoms with Crippen molar-refractivity contribution in [3.63, 3.8) is 0 Å². The monoisotopic (exact) mass is 463 g/mol. The summed E-state index contributed by atoms with van der Waals surface area (Å²) in [6.07, 6.45) is 4.24. The lowest BCUT2D eigenvalue weighted by Crippen LogP contribution is -2.49. The van der Waals surface area contributed by atoms with Gasteiger partial charge in [0, 0.05) is 57.9 Å². The van der Waals surface area contributed by atoms with Gasteiger partial charge in [0.15, 0.2) is 0 Å². The summed E-state index contributed by atoms with van der Waals surface area (Å²) in [5.41, 5.74) is 1.87. The molecule has 1 N–H and O–H groups in total. The molecule has 0 saturated carbocycles. The number of nitrogens with one attached hydrogen (secondary N) is 1. The molecule has 0 unspecified atom stereocenters. The molecule has 3 saturated heterocycles. The number of anilines is 1. The van der Waals surface area contributed by atoms with Gasteiger partial charge in [0.25, 0.3) is 5.91 Å². The number of likely N-dealkylation sites (tertiary alicyclic amines) is 1. The maximum Gasteiger partial charge on any atom is 0.270 e. The SMILES string of the molecule is O=C(NC1CCN(Cc2ccccc2)CC1)c1cccc(N2CCC(N3CCOCC3)CC2)n1. The molecule has 0 bridgehead atoms. The molecule has 4 heterocycles. The van der Waals surface area contributed by atoms with Crippen LogP contribution in [0.3, 0.4) is 0 Å². The number of amides is 1. The number of hydrogen-bond acceptors (Lipinski definition) is 6. The van der Waals surface area contributed by atoms with Gasteiger partial charge in [-0.2, -0.15) is 0 Å². The first-order valence-corrected chi connectivity index (χ1v) is 12.9. The standard InChI is InChI=1S/C27H37N5O2/c33-27(28-23-9-13-30(14-10-23)21-22-5-2-1-3-6-22)25-7-4-8-26(29-25)32-15-11-24(12-16-32)31-17-19-34-20-18-31/h1-8,23-24H,9-21H2,(H,28,33). The van der Waals surface area contributed by atoms with E-state index < -0.39 is 0 Å².